The number of hydrogen-bond acceptors (Lipinski definition) is 5. The molecule has 0 unspecified atom stereocenters. The maximum absolute atomic E-state index is 12.5. The normalized spacial score (nSPS) is 15.2. The molecule has 2 aromatic rings. The van der Waals surface area contributed by atoms with Crippen LogP contribution in [-0.4, -0.2) is 75.3 Å². The summed E-state index contributed by atoms with van der Waals surface area (Å²) < 4.78 is 10.7. The number of methoxy groups -OCH3 is 1. The highest BCUT2D eigenvalue weighted by atomic mass is 16.5. The number of amides is 1. The molecule has 2 aromatic carbocycles. The second-order valence-corrected chi connectivity index (χ2v) is 7.20. The van der Waals surface area contributed by atoms with E-state index in [9.17, 15) is 4.79 Å². The largest absolute Gasteiger partial charge is 0.490 e. The molecule has 0 aromatic heterocycles. The number of carbonyl (C=O) groups is 1. The monoisotopic (exact) mass is 397 g/mol. The minimum Gasteiger partial charge on any atom is -0.490 e. The van der Waals surface area contributed by atoms with Gasteiger partial charge in [-0.3, -0.25) is 14.6 Å². The Morgan fingerprint density at radius 1 is 0.931 bits per heavy atom. The highest BCUT2D eigenvalue weighted by Crippen LogP contribution is 2.17. The van der Waals surface area contributed by atoms with E-state index in [2.05, 4.69) is 45.4 Å². The van der Waals surface area contributed by atoms with Crippen LogP contribution in [0.4, 0.5) is 0 Å². The van der Waals surface area contributed by atoms with Gasteiger partial charge in [-0.2, -0.15) is 0 Å². The van der Waals surface area contributed by atoms with Crippen molar-refractivity contribution in [1.29, 1.82) is 0 Å². The molecule has 1 aliphatic rings. The van der Waals surface area contributed by atoms with Crippen molar-refractivity contribution in [3.63, 3.8) is 0 Å². The Kier molecular flexibility index (Phi) is 8.49. The van der Waals surface area contributed by atoms with Crippen molar-refractivity contribution in [1.82, 2.24) is 15.1 Å². The van der Waals surface area contributed by atoms with Crippen molar-refractivity contribution in [3.8, 4) is 5.75 Å². The van der Waals surface area contributed by atoms with Gasteiger partial charge in [0.1, 0.15) is 12.4 Å². The summed E-state index contributed by atoms with van der Waals surface area (Å²) in [7, 11) is 1.63. The summed E-state index contributed by atoms with van der Waals surface area (Å²) in [5.41, 5.74) is 1.93. The van der Waals surface area contributed by atoms with Gasteiger partial charge in [0, 0.05) is 52.9 Å². The zero-order chi connectivity index (χ0) is 20.3. The van der Waals surface area contributed by atoms with Gasteiger partial charge in [0.05, 0.1) is 12.2 Å². The molecule has 1 amide bonds. The van der Waals surface area contributed by atoms with E-state index in [1.807, 2.05) is 18.2 Å². The van der Waals surface area contributed by atoms with E-state index in [4.69, 9.17) is 9.47 Å². The van der Waals surface area contributed by atoms with Crippen LogP contribution in [0.25, 0.3) is 0 Å². The lowest BCUT2D eigenvalue weighted by molar-refractivity contribution is 0.0927. The minimum atomic E-state index is -0.0965. The van der Waals surface area contributed by atoms with E-state index >= 15 is 0 Å². The number of ether oxygens (including phenoxy) is 2. The highest BCUT2D eigenvalue weighted by molar-refractivity contribution is 5.96. The minimum absolute atomic E-state index is 0.0965. The lowest BCUT2D eigenvalue weighted by atomic mass is 10.2. The van der Waals surface area contributed by atoms with Crippen LogP contribution in [0.2, 0.25) is 0 Å². The van der Waals surface area contributed by atoms with E-state index in [1.165, 1.54) is 5.56 Å². The van der Waals surface area contributed by atoms with E-state index in [1.54, 1.807) is 13.2 Å². The molecule has 156 valence electrons. The zero-order valence-corrected chi connectivity index (χ0v) is 17.2. The molecule has 1 N–H and O–H groups in total. The quantitative estimate of drug-likeness (QED) is 0.624. The third kappa shape index (κ3) is 6.85. The van der Waals surface area contributed by atoms with Crippen LogP contribution in [0, 0.1) is 0 Å². The average Bonchev–Trinajstić information content (AvgIpc) is 2.76. The Balaban J connectivity index is 1.38. The number of para-hydroxylation sites is 1. The fourth-order valence-electron chi connectivity index (χ4n) is 3.45. The lowest BCUT2D eigenvalue weighted by Gasteiger charge is -2.34. The third-order valence-electron chi connectivity index (χ3n) is 5.10. The second-order valence-electron chi connectivity index (χ2n) is 7.20. The molecule has 1 heterocycles. The van der Waals surface area contributed by atoms with Crippen molar-refractivity contribution in [2.45, 2.75) is 6.54 Å². The molecule has 0 atom stereocenters. The van der Waals surface area contributed by atoms with Gasteiger partial charge in [0.25, 0.3) is 5.91 Å². The van der Waals surface area contributed by atoms with Crippen LogP contribution in [0.5, 0.6) is 5.75 Å². The van der Waals surface area contributed by atoms with Gasteiger partial charge in [-0.15, -0.1) is 0 Å². The van der Waals surface area contributed by atoms with Gasteiger partial charge >= 0.3 is 0 Å². The van der Waals surface area contributed by atoms with Gasteiger partial charge in [-0.25, -0.2) is 0 Å². The predicted octanol–water partition coefficient (Wildman–Crippen LogP) is 2.26. The molecule has 6 heteroatoms. The Morgan fingerprint density at radius 2 is 1.62 bits per heavy atom. The number of carbonyl (C=O) groups excluding carboxylic acids is 1. The topological polar surface area (TPSA) is 54.0 Å². The third-order valence-corrected chi connectivity index (χ3v) is 5.10. The molecule has 0 radical (unpaired) electrons. The first-order valence-corrected chi connectivity index (χ1v) is 10.2. The molecule has 0 bridgehead atoms. The Hall–Kier alpha value is -2.41. The van der Waals surface area contributed by atoms with E-state index in [-0.39, 0.29) is 5.91 Å². The summed E-state index contributed by atoms with van der Waals surface area (Å²) in [6.45, 7) is 7.57. The summed E-state index contributed by atoms with van der Waals surface area (Å²) in [5, 5.41) is 3.02. The van der Waals surface area contributed by atoms with Gasteiger partial charge in [0.2, 0.25) is 0 Å². The molecule has 0 saturated carbocycles. The SMILES string of the molecule is COCCOc1ccccc1C(=O)NCCN1CCN(Cc2ccccc2)CC1. The van der Waals surface area contributed by atoms with Gasteiger partial charge in [-0.1, -0.05) is 42.5 Å². The van der Waals surface area contributed by atoms with Crippen molar-refractivity contribution < 1.29 is 14.3 Å². The van der Waals surface area contributed by atoms with Crippen molar-refractivity contribution in [3.05, 3.63) is 65.7 Å². The molecule has 6 nitrogen and oxygen atoms in total. The molecule has 3 rings (SSSR count). The summed E-state index contributed by atoms with van der Waals surface area (Å²) in [6, 6.07) is 17.9. The van der Waals surface area contributed by atoms with Gasteiger partial charge < -0.3 is 14.8 Å². The summed E-state index contributed by atoms with van der Waals surface area (Å²) in [4.78, 5) is 17.4. The standard InChI is InChI=1S/C23H31N3O3/c1-28-17-18-29-22-10-6-5-9-21(22)23(27)24-11-12-25-13-15-26(16-14-25)19-20-7-3-2-4-8-20/h2-10H,11-19H2,1H3,(H,24,27). The van der Waals surface area contributed by atoms with Crippen LogP contribution in [-0.2, 0) is 11.3 Å². The van der Waals surface area contributed by atoms with Crippen LogP contribution in [0.15, 0.2) is 54.6 Å². The molecule has 1 saturated heterocycles. The number of rotatable bonds is 10. The van der Waals surface area contributed by atoms with Gasteiger partial charge in [0.15, 0.2) is 0 Å². The molecule has 0 spiro atoms. The maximum Gasteiger partial charge on any atom is 0.255 e. The Morgan fingerprint density at radius 3 is 2.38 bits per heavy atom. The molecule has 1 fully saturated rings. The van der Waals surface area contributed by atoms with Crippen LogP contribution in [0.1, 0.15) is 15.9 Å². The molecular formula is C23H31N3O3. The summed E-state index contributed by atoms with van der Waals surface area (Å²) in [5.74, 6) is 0.498. The van der Waals surface area contributed by atoms with Crippen molar-refractivity contribution in [2.75, 3.05) is 59.6 Å². The first-order chi connectivity index (χ1) is 14.3. The van der Waals surface area contributed by atoms with Crippen LogP contribution >= 0.6 is 0 Å². The first-order valence-electron chi connectivity index (χ1n) is 10.2. The van der Waals surface area contributed by atoms with E-state index in [0.717, 1.165) is 39.3 Å². The molecule has 1 aliphatic heterocycles. The zero-order valence-electron chi connectivity index (χ0n) is 17.2. The Labute approximate surface area is 173 Å². The number of piperazine rings is 1. The van der Waals surface area contributed by atoms with E-state index < -0.39 is 0 Å². The van der Waals surface area contributed by atoms with Crippen LogP contribution < -0.4 is 10.1 Å². The number of benzene rings is 2. The smallest absolute Gasteiger partial charge is 0.255 e. The second kappa shape index (κ2) is 11.6. The fraction of sp³-hybridized carbons (Fsp3) is 0.435. The van der Waals surface area contributed by atoms with Crippen molar-refractivity contribution in [2.24, 2.45) is 0 Å². The van der Waals surface area contributed by atoms with Crippen molar-refractivity contribution >= 4 is 5.91 Å². The lowest BCUT2D eigenvalue weighted by Crippen LogP contribution is -2.48. The molecule has 0 aliphatic carbocycles. The molecule has 29 heavy (non-hydrogen) atoms. The number of nitrogens with zero attached hydrogens (tertiary/aromatic N) is 2. The summed E-state index contributed by atoms with van der Waals surface area (Å²) in [6.07, 6.45) is 0. The fourth-order valence-corrected chi connectivity index (χ4v) is 3.45. The van der Waals surface area contributed by atoms with Gasteiger partial charge in [-0.05, 0) is 17.7 Å². The number of nitrogens with one attached hydrogen (secondary N) is 1. The maximum atomic E-state index is 12.5. The highest BCUT2D eigenvalue weighted by Gasteiger charge is 2.17. The predicted molar refractivity (Wildman–Crippen MR) is 114 cm³/mol. The Bertz CT molecular complexity index is 746. The molecular weight excluding hydrogens is 366 g/mol. The van der Waals surface area contributed by atoms with Crippen LogP contribution in [0.3, 0.4) is 0 Å². The van der Waals surface area contributed by atoms with E-state index in [0.29, 0.717) is 31.1 Å². The average molecular weight is 398 g/mol. The number of hydrogen-bond donors (Lipinski definition) is 1. The summed E-state index contributed by atoms with van der Waals surface area (Å²) >= 11 is 0. The first kappa shape index (κ1) is 21.3.